The van der Waals surface area contributed by atoms with Gasteiger partial charge in [-0.1, -0.05) is 0 Å². The van der Waals surface area contributed by atoms with Crippen LogP contribution >= 0.6 is 0 Å². The molecule has 1 fully saturated rings. The van der Waals surface area contributed by atoms with Crippen molar-refractivity contribution in [3.05, 3.63) is 0 Å². The number of hydrogen-bond donors (Lipinski definition) is 2. The molecule has 0 radical (unpaired) electrons. The molecule has 3 nitrogen and oxygen atoms in total. The minimum atomic E-state index is -0.147. The molecule has 80 valence electrons. The summed E-state index contributed by atoms with van der Waals surface area (Å²) in [7, 11) is 0. The zero-order chi connectivity index (χ0) is 10.6. The zero-order valence-corrected chi connectivity index (χ0v) is 9.03. The minimum absolute atomic E-state index is 0.0362. The summed E-state index contributed by atoms with van der Waals surface area (Å²) >= 11 is 0. The molecule has 1 aliphatic rings. The lowest BCUT2D eigenvalue weighted by Gasteiger charge is -2.30. The van der Waals surface area contributed by atoms with Gasteiger partial charge in [-0.25, -0.2) is 0 Å². The summed E-state index contributed by atoms with van der Waals surface area (Å²) in [6, 6.07) is 2.85. The fourth-order valence-corrected chi connectivity index (χ4v) is 1.94. The maximum absolute atomic E-state index is 9.48. The van der Waals surface area contributed by atoms with Gasteiger partial charge in [0.25, 0.3) is 0 Å². The van der Waals surface area contributed by atoms with E-state index < -0.39 is 0 Å². The van der Waals surface area contributed by atoms with Crippen LogP contribution in [0.4, 0.5) is 0 Å². The third-order valence-corrected chi connectivity index (χ3v) is 3.10. The Kier molecular flexibility index (Phi) is 4.37. The average molecular weight is 196 g/mol. The van der Waals surface area contributed by atoms with E-state index in [0.29, 0.717) is 6.04 Å². The predicted octanol–water partition coefficient (Wildman–Crippen LogP) is 1.43. The molecule has 0 aromatic carbocycles. The lowest BCUT2D eigenvalue weighted by atomic mass is 9.91. The Morgan fingerprint density at radius 2 is 2.14 bits per heavy atom. The highest BCUT2D eigenvalue weighted by atomic mass is 16.3. The molecular weight excluding hydrogens is 176 g/mol. The van der Waals surface area contributed by atoms with Gasteiger partial charge in [0.1, 0.15) is 0 Å². The number of nitriles is 1. The van der Waals surface area contributed by atoms with Crippen LogP contribution in [-0.4, -0.2) is 23.3 Å². The smallest absolute Gasteiger partial charge is 0.0669 e. The summed E-state index contributed by atoms with van der Waals surface area (Å²) in [6.45, 7) is 3.96. The molecule has 4 unspecified atom stereocenters. The third-order valence-electron chi connectivity index (χ3n) is 3.10. The van der Waals surface area contributed by atoms with Crippen LogP contribution in [0.1, 0.15) is 39.5 Å². The molecule has 3 heteroatoms. The molecular formula is C11H20N2O. The second-order valence-corrected chi connectivity index (χ2v) is 4.39. The largest absolute Gasteiger partial charge is 0.393 e. The molecule has 0 heterocycles. The first kappa shape index (κ1) is 11.5. The second-order valence-electron chi connectivity index (χ2n) is 4.39. The third kappa shape index (κ3) is 3.28. The fourth-order valence-electron chi connectivity index (χ4n) is 1.94. The van der Waals surface area contributed by atoms with Gasteiger partial charge in [0.2, 0.25) is 0 Å². The highest BCUT2D eigenvalue weighted by molar-refractivity contribution is 4.89. The molecule has 1 aliphatic carbocycles. The van der Waals surface area contributed by atoms with Gasteiger partial charge in [0, 0.05) is 12.1 Å². The van der Waals surface area contributed by atoms with E-state index in [1.165, 1.54) is 0 Å². The van der Waals surface area contributed by atoms with Crippen molar-refractivity contribution in [1.82, 2.24) is 5.32 Å². The number of rotatable bonds is 3. The molecule has 0 bridgehead atoms. The first-order valence-corrected chi connectivity index (χ1v) is 5.47. The molecule has 0 aromatic heterocycles. The van der Waals surface area contributed by atoms with Crippen LogP contribution in [0.5, 0.6) is 0 Å². The van der Waals surface area contributed by atoms with Gasteiger partial charge >= 0.3 is 0 Å². The minimum Gasteiger partial charge on any atom is -0.393 e. The van der Waals surface area contributed by atoms with Crippen molar-refractivity contribution in [3.63, 3.8) is 0 Å². The van der Waals surface area contributed by atoms with Crippen molar-refractivity contribution in [2.24, 2.45) is 5.92 Å². The van der Waals surface area contributed by atoms with E-state index in [1.54, 1.807) is 0 Å². The van der Waals surface area contributed by atoms with Crippen molar-refractivity contribution in [2.45, 2.75) is 57.7 Å². The SMILES string of the molecule is CC(C#N)C(C)NC1CCCC(O)C1. The molecule has 4 atom stereocenters. The van der Waals surface area contributed by atoms with Crippen LogP contribution in [0.15, 0.2) is 0 Å². The average Bonchev–Trinajstić information content (AvgIpc) is 2.16. The lowest BCUT2D eigenvalue weighted by Crippen LogP contribution is -2.43. The van der Waals surface area contributed by atoms with Crippen LogP contribution < -0.4 is 5.32 Å². The summed E-state index contributed by atoms with van der Waals surface area (Å²) in [6.07, 6.45) is 3.83. The number of hydrogen-bond acceptors (Lipinski definition) is 3. The van der Waals surface area contributed by atoms with Gasteiger partial charge in [-0.3, -0.25) is 0 Å². The zero-order valence-electron chi connectivity index (χ0n) is 9.03. The van der Waals surface area contributed by atoms with E-state index in [4.69, 9.17) is 5.26 Å². The van der Waals surface area contributed by atoms with Gasteiger partial charge in [-0.15, -0.1) is 0 Å². The molecule has 0 amide bonds. The quantitative estimate of drug-likeness (QED) is 0.718. The Morgan fingerprint density at radius 1 is 1.43 bits per heavy atom. The highest BCUT2D eigenvalue weighted by Crippen LogP contribution is 2.19. The Morgan fingerprint density at radius 3 is 2.71 bits per heavy atom. The molecule has 1 saturated carbocycles. The van der Waals surface area contributed by atoms with Crippen molar-refractivity contribution in [1.29, 1.82) is 5.26 Å². The van der Waals surface area contributed by atoms with E-state index in [-0.39, 0.29) is 18.1 Å². The Hall–Kier alpha value is -0.590. The lowest BCUT2D eigenvalue weighted by molar-refractivity contribution is 0.108. The molecule has 0 saturated heterocycles. The summed E-state index contributed by atoms with van der Waals surface area (Å²) < 4.78 is 0. The van der Waals surface area contributed by atoms with Gasteiger partial charge in [0.05, 0.1) is 18.1 Å². The summed E-state index contributed by atoms with van der Waals surface area (Å²) in [5.74, 6) is 0.0362. The predicted molar refractivity (Wildman–Crippen MR) is 55.6 cm³/mol. The standard InChI is InChI=1S/C11H20N2O/c1-8(7-12)9(2)13-10-4-3-5-11(14)6-10/h8-11,13-14H,3-6H2,1-2H3. The summed E-state index contributed by atoms with van der Waals surface area (Å²) in [5, 5.41) is 21.6. The normalized spacial score (nSPS) is 31.9. The highest BCUT2D eigenvalue weighted by Gasteiger charge is 2.22. The van der Waals surface area contributed by atoms with E-state index >= 15 is 0 Å². The Balaban J connectivity index is 2.33. The molecule has 0 aromatic rings. The first-order chi connectivity index (χ1) is 6.63. The van der Waals surface area contributed by atoms with Crippen LogP contribution in [0.2, 0.25) is 0 Å². The maximum Gasteiger partial charge on any atom is 0.0669 e. The van der Waals surface area contributed by atoms with Crippen LogP contribution in [-0.2, 0) is 0 Å². The number of nitrogens with zero attached hydrogens (tertiary/aromatic N) is 1. The van der Waals surface area contributed by atoms with Crippen LogP contribution in [0.3, 0.4) is 0 Å². The van der Waals surface area contributed by atoms with Crippen LogP contribution in [0.25, 0.3) is 0 Å². The van der Waals surface area contributed by atoms with E-state index in [1.807, 2.05) is 13.8 Å². The van der Waals surface area contributed by atoms with Gasteiger partial charge in [-0.05, 0) is 39.5 Å². The van der Waals surface area contributed by atoms with Gasteiger partial charge in [0.15, 0.2) is 0 Å². The molecule has 0 spiro atoms. The van der Waals surface area contributed by atoms with Gasteiger partial charge in [-0.2, -0.15) is 5.26 Å². The van der Waals surface area contributed by atoms with Crippen molar-refractivity contribution in [3.8, 4) is 6.07 Å². The Bertz CT molecular complexity index is 212. The van der Waals surface area contributed by atoms with Crippen molar-refractivity contribution >= 4 is 0 Å². The summed E-state index contributed by atoms with van der Waals surface area (Å²) in [5.41, 5.74) is 0. The molecule has 14 heavy (non-hydrogen) atoms. The fraction of sp³-hybridized carbons (Fsp3) is 0.909. The monoisotopic (exact) mass is 196 g/mol. The summed E-state index contributed by atoms with van der Waals surface area (Å²) in [4.78, 5) is 0. The van der Waals surface area contributed by atoms with E-state index in [2.05, 4.69) is 11.4 Å². The number of nitrogens with one attached hydrogen (secondary N) is 1. The van der Waals surface area contributed by atoms with Crippen molar-refractivity contribution in [2.75, 3.05) is 0 Å². The molecule has 1 rings (SSSR count). The van der Waals surface area contributed by atoms with Gasteiger partial charge < -0.3 is 10.4 Å². The molecule has 0 aliphatic heterocycles. The first-order valence-electron chi connectivity index (χ1n) is 5.47. The van der Waals surface area contributed by atoms with Crippen LogP contribution in [0, 0.1) is 17.2 Å². The Labute approximate surface area is 86.1 Å². The molecule has 2 N–H and O–H groups in total. The van der Waals surface area contributed by atoms with Crippen molar-refractivity contribution < 1.29 is 5.11 Å². The maximum atomic E-state index is 9.48. The number of aliphatic hydroxyl groups is 1. The topological polar surface area (TPSA) is 56.0 Å². The second kappa shape index (κ2) is 5.33. The van der Waals surface area contributed by atoms with E-state index in [0.717, 1.165) is 25.7 Å². The number of aliphatic hydroxyl groups excluding tert-OH is 1. The van der Waals surface area contributed by atoms with E-state index in [9.17, 15) is 5.11 Å².